The van der Waals surface area contributed by atoms with E-state index in [-0.39, 0.29) is 11.7 Å². The maximum atomic E-state index is 12.4. The van der Waals surface area contributed by atoms with Crippen LogP contribution in [0.3, 0.4) is 0 Å². The average molecular weight is 320 g/mol. The third-order valence-electron chi connectivity index (χ3n) is 3.67. The number of imidazole rings is 1. The largest absolute Gasteiger partial charge is 0.355 e. The highest BCUT2D eigenvalue weighted by molar-refractivity contribution is 7.98. The fourth-order valence-electron chi connectivity index (χ4n) is 2.48. The van der Waals surface area contributed by atoms with Crippen molar-refractivity contribution in [1.29, 1.82) is 0 Å². The van der Waals surface area contributed by atoms with Crippen molar-refractivity contribution in [3.63, 3.8) is 0 Å². The second kappa shape index (κ2) is 6.39. The van der Waals surface area contributed by atoms with Gasteiger partial charge in [0, 0.05) is 19.7 Å². The SMILES string of the molecule is CSc1ncc(CNC(=O)c2c(C)[nH]c(C(C)=O)c2C)n1C. The van der Waals surface area contributed by atoms with E-state index in [1.165, 1.54) is 6.92 Å². The molecular weight excluding hydrogens is 300 g/mol. The number of ketones is 1. The molecule has 0 atom stereocenters. The fraction of sp³-hybridized carbons (Fsp3) is 0.400. The highest BCUT2D eigenvalue weighted by Crippen LogP contribution is 2.19. The molecule has 0 spiro atoms. The molecule has 2 N–H and O–H groups in total. The van der Waals surface area contributed by atoms with Crippen molar-refractivity contribution in [2.24, 2.45) is 7.05 Å². The summed E-state index contributed by atoms with van der Waals surface area (Å²) in [5.41, 5.74) is 3.35. The topological polar surface area (TPSA) is 79.8 Å². The molecule has 118 valence electrons. The van der Waals surface area contributed by atoms with Crippen LogP contribution in [0.15, 0.2) is 11.4 Å². The third kappa shape index (κ3) is 2.94. The van der Waals surface area contributed by atoms with E-state index in [2.05, 4.69) is 15.3 Å². The summed E-state index contributed by atoms with van der Waals surface area (Å²) >= 11 is 1.55. The highest BCUT2D eigenvalue weighted by Gasteiger charge is 2.20. The Bertz CT molecular complexity index is 730. The smallest absolute Gasteiger partial charge is 0.253 e. The first kappa shape index (κ1) is 16.4. The number of aromatic amines is 1. The molecule has 22 heavy (non-hydrogen) atoms. The summed E-state index contributed by atoms with van der Waals surface area (Å²) in [7, 11) is 1.92. The second-order valence-electron chi connectivity index (χ2n) is 5.16. The van der Waals surface area contributed by atoms with Crippen molar-refractivity contribution in [3.05, 3.63) is 34.4 Å². The predicted octanol–water partition coefficient (Wildman–Crippen LogP) is 2.22. The number of Topliss-reactive ketones (excluding diaryl/α,β-unsaturated/α-hetero) is 1. The lowest BCUT2D eigenvalue weighted by Crippen LogP contribution is -2.25. The lowest BCUT2D eigenvalue weighted by Gasteiger charge is -2.07. The van der Waals surface area contributed by atoms with Gasteiger partial charge in [0.15, 0.2) is 10.9 Å². The Hall–Kier alpha value is -2.02. The summed E-state index contributed by atoms with van der Waals surface area (Å²) < 4.78 is 1.95. The van der Waals surface area contributed by atoms with Crippen LogP contribution >= 0.6 is 11.8 Å². The van der Waals surface area contributed by atoms with E-state index in [4.69, 9.17) is 0 Å². The number of thioether (sulfide) groups is 1. The molecule has 2 aromatic heterocycles. The number of aromatic nitrogens is 3. The second-order valence-corrected chi connectivity index (χ2v) is 5.93. The standard InChI is InChI=1S/C15H20N4O2S/c1-8-12(9(2)18-13(8)10(3)20)14(21)16-6-11-7-17-15(22-5)19(11)4/h7,18H,6H2,1-5H3,(H,16,21). The minimum Gasteiger partial charge on any atom is -0.355 e. The van der Waals surface area contributed by atoms with Crippen LogP contribution in [0.2, 0.25) is 0 Å². The quantitative estimate of drug-likeness (QED) is 0.654. The van der Waals surface area contributed by atoms with Crippen molar-refractivity contribution in [3.8, 4) is 0 Å². The molecule has 2 rings (SSSR count). The first-order valence-corrected chi connectivity index (χ1v) is 8.12. The Morgan fingerprint density at radius 3 is 2.59 bits per heavy atom. The van der Waals surface area contributed by atoms with E-state index in [1.54, 1.807) is 31.8 Å². The number of nitrogens with one attached hydrogen (secondary N) is 2. The summed E-state index contributed by atoms with van der Waals surface area (Å²) in [5.74, 6) is -0.262. The third-order valence-corrected chi connectivity index (χ3v) is 4.42. The summed E-state index contributed by atoms with van der Waals surface area (Å²) in [6, 6.07) is 0. The molecule has 2 heterocycles. The van der Waals surface area contributed by atoms with Crippen LogP contribution in [0.4, 0.5) is 0 Å². The maximum Gasteiger partial charge on any atom is 0.253 e. The number of carbonyl (C=O) groups excluding carboxylic acids is 2. The summed E-state index contributed by atoms with van der Waals surface area (Å²) in [4.78, 5) is 31.2. The first-order chi connectivity index (χ1) is 10.4. The Labute approximate surface area is 133 Å². The number of carbonyl (C=O) groups is 2. The molecule has 0 bridgehead atoms. The molecule has 2 aromatic rings. The number of rotatable bonds is 5. The van der Waals surface area contributed by atoms with Gasteiger partial charge in [0.1, 0.15) is 0 Å². The van der Waals surface area contributed by atoms with Crippen molar-refractivity contribution < 1.29 is 9.59 Å². The Balaban J connectivity index is 2.16. The first-order valence-electron chi connectivity index (χ1n) is 6.89. The number of H-pyrrole nitrogens is 1. The van der Waals surface area contributed by atoms with Crippen molar-refractivity contribution in [1.82, 2.24) is 19.9 Å². The van der Waals surface area contributed by atoms with Crippen LogP contribution in [0.25, 0.3) is 0 Å². The maximum absolute atomic E-state index is 12.4. The number of aryl methyl sites for hydroxylation is 1. The van der Waals surface area contributed by atoms with Crippen LogP contribution in [-0.2, 0) is 13.6 Å². The zero-order valence-electron chi connectivity index (χ0n) is 13.4. The molecule has 0 radical (unpaired) electrons. The van der Waals surface area contributed by atoms with Crippen LogP contribution in [0, 0.1) is 13.8 Å². The molecule has 7 heteroatoms. The summed E-state index contributed by atoms with van der Waals surface area (Å²) in [5, 5.41) is 3.79. The Morgan fingerprint density at radius 2 is 2.09 bits per heavy atom. The Morgan fingerprint density at radius 1 is 1.41 bits per heavy atom. The van der Waals surface area contributed by atoms with Crippen LogP contribution in [0.5, 0.6) is 0 Å². The van der Waals surface area contributed by atoms with Gasteiger partial charge < -0.3 is 14.9 Å². The molecule has 0 aliphatic rings. The van der Waals surface area contributed by atoms with Gasteiger partial charge in [-0.3, -0.25) is 9.59 Å². The molecule has 0 aliphatic heterocycles. The Kier molecular flexibility index (Phi) is 4.75. The van der Waals surface area contributed by atoms with E-state index in [9.17, 15) is 9.59 Å². The fourth-order valence-corrected chi connectivity index (χ4v) is 3.03. The summed E-state index contributed by atoms with van der Waals surface area (Å²) in [6.07, 6.45) is 3.71. The molecule has 0 aromatic carbocycles. The number of hydrogen-bond acceptors (Lipinski definition) is 4. The van der Waals surface area contributed by atoms with Crippen molar-refractivity contribution >= 4 is 23.5 Å². The van der Waals surface area contributed by atoms with Crippen LogP contribution in [-0.4, -0.2) is 32.5 Å². The zero-order chi connectivity index (χ0) is 16.4. The number of amides is 1. The molecule has 6 nitrogen and oxygen atoms in total. The van der Waals surface area contributed by atoms with Gasteiger partial charge in [-0.15, -0.1) is 0 Å². The van der Waals surface area contributed by atoms with Gasteiger partial charge in [-0.2, -0.15) is 0 Å². The number of hydrogen-bond donors (Lipinski definition) is 2. The molecule has 0 aliphatic carbocycles. The van der Waals surface area contributed by atoms with Gasteiger partial charge in [-0.25, -0.2) is 4.98 Å². The minimum absolute atomic E-state index is 0.0732. The monoisotopic (exact) mass is 320 g/mol. The zero-order valence-corrected chi connectivity index (χ0v) is 14.2. The van der Waals surface area contributed by atoms with E-state index in [1.807, 2.05) is 17.9 Å². The molecule has 1 amide bonds. The van der Waals surface area contributed by atoms with Gasteiger partial charge in [-0.1, -0.05) is 11.8 Å². The predicted molar refractivity (Wildman–Crippen MR) is 86.4 cm³/mol. The van der Waals surface area contributed by atoms with E-state index in [0.29, 0.717) is 29.1 Å². The minimum atomic E-state index is -0.189. The van der Waals surface area contributed by atoms with Gasteiger partial charge in [-0.05, 0) is 25.7 Å². The molecule has 0 unspecified atom stereocenters. The molecular formula is C15H20N4O2S. The van der Waals surface area contributed by atoms with E-state index < -0.39 is 0 Å². The van der Waals surface area contributed by atoms with Gasteiger partial charge >= 0.3 is 0 Å². The van der Waals surface area contributed by atoms with Gasteiger partial charge in [0.05, 0.1) is 29.7 Å². The summed E-state index contributed by atoms with van der Waals surface area (Å²) in [6.45, 7) is 5.46. The highest BCUT2D eigenvalue weighted by atomic mass is 32.2. The lowest BCUT2D eigenvalue weighted by molar-refractivity contribution is 0.0949. The number of nitrogens with zero attached hydrogens (tertiary/aromatic N) is 2. The molecule has 0 saturated heterocycles. The van der Waals surface area contributed by atoms with E-state index in [0.717, 1.165) is 10.9 Å². The van der Waals surface area contributed by atoms with Crippen molar-refractivity contribution in [2.75, 3.05) is 6.26 Å². The molecule has 0 saturated carbocycles. The average Bonchev–Trinajstić information content (AvgIpc) is 2.96. The lowest BCUT2D eigenvalue weighted by atomic mass is 10.1. The normalized spacial score (nSPS) is 10.8. The van der Waals surface area contributed by atoms with Crippen LogP contribution in [0.1, 0.15) is 44.7 Å². The van der Waals surface area contributed by atoms with E-state index >= 15 is 0 Å². The van der Waals surface area contributed by atoms with Gasteiger partial charge in [0.25, 0.3) is 5.91 Å². The van der Waals surface area contributed by atoms with Gasteiger partial charge in [0.2, 0.25) is 0 Å². The van der Waals surface area contributed by atoms with Crippen molar-refractivity contribution in [2.45, 2.75) is 32.5 Å². The molecule has 0 fully saturated rings. The van der Waals surface area contributed by atoms with Crippen LogP contribution < -0.4 is 5.32 Å².